The lowest BCUT2D eigenvalue weighted by atomic mass is 10.2. The lowest BCUT2D eigenvalue weighted by molar-refractivity contribution is -0.115. The van der Waals surface area contributed by atoms with E-state index < -0.39 is 0 Å². The maximum Gasteiger partial charge on any atom is 0.230 e. The SMILES string of the molecule is Cc1ccc2nc(NC(=O)Cc3ccc(Cl)nc3)sc2c1. The Morgan fingerprint density at radius 3 is 2.95 bits per heavy atom. The van der Waals surface area contributed by atoms with Crippen LogP contribution in [0.3, 0.4) is 0 Å². The number of pyridine rings is 1. The van der Waals surface area contributed by atoms with Crippen LogP contribution in [0.4, 0.5) is 5.13 Å². The third kappa shape index (κ3) is 3.37. The number of anilines is 1. The lowest BCUT2D eigenvalue weighted by Gasteiger charge is -2.01. The van der Waals surface area contributed by atoms with E-state index in [0.29, 0.717) is 10.3 Å². The average Bonchev–Trinajstić information content (AvgIpc) is 2.82. The molecule has 0 bridgehead atoms. The number of aryl methyl sites for hydroxylation is 1. The van der Waals surface area contributed by atoms with Crippen molar-refractivity contribution < 1.29 is 4.79 Å². The number of amides is 1. The zero-order valence-corrected chi connectivity index (χ0v) is 12.8. The summed E-state index contributed by atoms with van der Waals surface area (Å²) in [6.45, 7) is 2.03. The summed E-state index contributed by atoms with van der Waals surface area (Å²) in [6, 6.07) is 9.49. The Hall–Kier alpha value is -1.98. The fourth-order valence-electron chi connectivity index (χ4n) is 1.95. The molecule has 6 heteroatoms. The molecular weight excluding hydrogens is 306 g/mol. The van der Waals surface area contributed by atoms with Crippen LogP contribution in [0.15, 0.2) is 36.5 Å². The lowest BCUT2D eigenvalue weighted by Crippen LogP contribution is -2.14. The Balaban J connectivity index is 1.72. The number of nitrogens with one attached hydrogen (secondary N) is 1. The van der Waals surface area contributed by atoms with Crippen molar-refractivity contribution in [2.45, 2.75) is 13.3 Å². The van der Waals surface area contributed by atoms with Crippen LogP contribution in [0, 0.1) is 6.92 Å². The molecule has 1 aromatic carbocycles. The fraction of sp³-hybridized carbons (Fsp3) is 0.133. The van der Waals surface area contributed by atoms with E-state index in [1.165, 1.54) is 16.9 Å². The Morgan fingerprint density at radius 2 is 2.19 bits per heavy atom. The summed E-state index contributed by atoms with van der Waals surface area (Å²) < 4.78 is 1.07. The van der Waals surface area contributed by atoms with Crippen LogP contribution < -0.4 is 5.32 Å². The maximum atomic E-state index is 12.0. The van der Waals surface area contributed by atoms with Gasteiger partial charge in [-0.2, -0.15) is 0 Å². The molecule has 0 atom stereocenters. The van der Waals surface area contributed by atoms with E-state index in [1.54, 1.807) is 18.3 Å². The first-order chi connectivity index (χ1) is 10.1. The Morgan fingerprint density at radius 1 is 1.33 bits per heavy atom. The molecular formula is C15H12ClN3OS. The highest BCUT2D eigenvalue weighted by Gasteiger charge is 2.09. The summed E-state index contributed by atoms with van der Waals surface area (Å²) in [5, 5.41) is 3.85. The van der Waals surface area contributed by atoms with Crippen LogP contribution in [0.5, 0.6) is 0 Å². The Labute approximate surface area is 130 Å². The molecule has 2 aromatic heterocycles. The number of hydrogen-bond acceptors (Lipinski definition) is 4. The van der Waals surface area contributed by atoms with E-state index in [-0.39, 0.29) is 12.3 Å². The molecule has 0 aliphatic rings. The number of carbonyl (C=O) groups excluding carboxylic acids is 1. The molecule has 21 heavy (non-hydrogen) atoms. The first-order valence-electron chi connectivity index (χ1n) is 6.37. The summed E-state index contributed by atoms with van der Waals surface area (Å²) in [7, 11) is 0. The van der Waals surface area contributed by atoms with Gasteiger partial charge in [0.05, 0.1) is 16.6 Å². The van der Waals surface area contributed by atoms with Gasteiger partial charge in [-0.15, -0.1) is 0 Å². The van der Waals surface area contributed by atoms with E-state index in [4.69, 9.17) is 11.6 Å². The molecule has 0 aliphatic heterocycles. The van der Waals surface area contributed by atoms with Crippen LogP contribution in [-0.4, -0.2) is 15.9 Å². The van der Waals surface area contributed by atoms with Crippen molar-refractivity contribution in [3.8, 4) is 0 Å². The topological polar surface area (TPSA) is 54.9 Å². The molecule has 0 saturated heterocycles. The van der Waals surface area contributed by atoms with Crippen molar-refractivity contribution in [1.82, 2.24) is 9.97 Å². The van der Waals surface area contributed by atoms with Gasteiger partial charge in [-0.05, 0) is 36.2 Å². The minimum atomic E-state index is -0.116. The zero-order chi connectivity index (χ0) is 14.8. The second-order valence-electron chi connectivity index (χ2n) is 4.70. The van der Waals surface area contributed by atoms with Crippen LogP contribution in [0.1, 0.15) is 11.1 Å². The van der Waals surface area contributed by atoms with E-state index in [0.717, 1.165) is 15.8 Å². The molecule has 0 fully saturated rings. The molecule has 1 N–H and O–H groups in total. The van der Waals surface area contributed by atoms with Gasteiger partial charge in [-0.3, -0.25) is 4.79 Å². The summed E-state index contributed by atoms with van der Waals surface area (Å²) in [4.78, 5) is 20.4. The first-order valence-corrected chi connectivity index (χ1v) is 7.57. The number of carbonyl (C=O) groups is 1. The molecule has 3 aromatic rings. The maximum absolute atomic E-state index is 12.0. The third-order valence-electron chi connectivity index (χ3n) is 2.94. The van der Waals surface area contributed by atoms with Gasteiger partial charge in [-0.1, -0.05) is 35.1 Å². The molecule has 3 rings (SSSR count). The quantitative estimate of drug-likeness (QED) is 0.747. The second-order valence-corrected chi connectivity index (χ2v) is 6.12. The molecule has 1 amide bonds. The molecule has 0 saturated carbocycles. The van der Waals surface area contributed by atoms with Gasteiger partial charge < -0.3 is 5.32 Å². The average molecular weight is 318 g/mol. The number of hydrogen-bond donors (Lipinski definition) is 1. The highest BCUT2D eigenvalue weighted by atomic mass is 35.5. The second kappa shape index (κ2) is 5.79. The molecule has 0 aliphatic carbocycles. The smallest absolute Gasteiger partial charge is 0.230 e. The van der Waals surface area contributed by atoms with Crippen LogP contribution >= 0.6 is 22.9 Å². The molecule has 106 valence electrons. The summed E-state index contributed by atoms with van der Waals surface area (Å²) in [5.41, 5.74) is 2.89. The number of benzene rings is 1. The van der Waals surface area contributed by atoms with E-state index in [1.807, 2.05) is 19.1 Å². The predicted octanol–water partition coefficient (Wildman–Crippen LogP) is 3.83. The van der Waals surface area contributed by atoms with Crippen molar-refractivity contribution in [3.05, 3.63) is 52.8 Å². The first kappa shape index (κ1) is 14.0. The van der Waals surface area contributed by atoms with E-state index in [9.17, 15) is 4.79 Å². The number of aromatic nitrogens is 2. The van der Waals surface area contributed by atoms with Crippen LogP contribution in [0.25, 0.3) is 10.2 Å². The fourth-order valence-corrected chi connectivity index (χ4v) is 3.04. The summed E-state index contributed by atoms with van der Waals surface area (Å²) in [6.07, 6.45) is 1.85. The van der Waals surface area contributed by atoms with E-state index in [2.05, 4.69) is 21.4 Å². The van der Waals surface area contributed by atoms with Crippen LogP contribution in [0.2, 0.25) is 5.15 Å². The predicted molar refractivity (Wildman–Crippen MR) is 85.9 cm³/mol. The largest absolute Gasteiger partial charge is 0.302 e. The van der Waals surface area contributed by atoms with Gasteiger partial charge in [0.25, 0.3) is 0 Å². The highest BCUT2D eigenvalue weighted by molar-refractivity contribution is 7.22. The Bertz CT molecular complexity index is 798. The summed E-state index contributed by atoms with van der Waals surface area (Å²) >= 11 is 7.19. The molecule has 0 spiro atoms. The number of rotatable bonds is 3. The van der Waals surface area contributed by atoms with Gasteiger partial charge in [0.15, 0.2) is 5.13 Å². The third-order valence-corrected chi connectivity index (χ3v) is 4.10. The Kier molecular flexibility index (Phi) is 3.86. The highest BCUT2D eigenvalue weighted by Crippen LogP contribution is 2.26. The van der Waals surface area contributed by atoms with Gasteiger partial charge >= 0.3 is 0 Å². The summed E-state index contributed by atoms with van der Waals surface area (Å²) in [5.74, 6) is -0.116. The van der Waals surface area contributed by atoms with Gasteiger partial charge in [-0.25, -0.2) is 9.97 Å². The minimum absolute atomic E-state index is 0.116. The van der Waals surface area contributed by atoms with Crippen molar-refractivity contribution in [1.29, 1.82) is 0 Å². The number of thiazole rings is 1. The minimum Gasteiger partial charge on any atom is -0.302 e. The number of halogens is 1. The van der Waals surface area contributed by atoms with Crippen molar-refractivity contribution in [2.75, 3.05) is 5.32 Å². The van der Waals surface area contributed by atoms with Gasteiger partial charge in [0, 0.05) is 6.20 Å². The van der Waals surface area contributed by atoms with Gasteiger partial charge in [0.1, 0.15) is 5.15 Å². The normalized spacial score (nSPS) is 10.8. The van der Waals surface area contributed by atoms with Crippen LogP contribution in [-0.2, 0) is 11.2 Å². The molecule has 0 unspecified atom stereocenters. The molecule has 0 radical (unpaired) electrons. The molecule has 4 nitrogen and oxygen atoms in total. The van der Waals surface area contributed by atoms with E-state index >= 15 is 0 Å². The number of nitrogens with zero attached hydrogens (tertiary/aromatic N) is 2. The monoisotopic (exact) mass is 317 g/mol. The van der Waals surface area contributed by atoms with Crippen molar-refractivity contribution >= 4 is 44.2 Å². The number of fused-ring (bicyclic) bond motifs is 1. The van der Waals surface area contributed by atoms with Gasteiger partial charge in [0.2, 0.25) is 5.91 Å². The standard InChI is InChI=1S/C15H12ClN3OS/c1-9-2-4-11-12(6-9)21-15(18-11)19-14(20)7-10-3-5-13(16)17-8-10/h2-6,8H,7H2,1H3,(H,18,19,20). The molecule has 2 heterocycles. The van der Waals surface area contributed by atoms with Crippen molar-refractivity contribution in [3.63, 3.8) is 0 Å². The zero-order valence-electron chi connectivity index (χ0n) is 11.3. The van der Waals surface area contributed by atoms with Crippen molar-refractivity contribution in [2.24, 2.45) is 0 Å².